The van der Waals surface area contributed by atoms with E-state index in [2.05, 4.69) is 40.2 Å². The largest absolute Gasteiger partial charge is 0.126 e. The third-order valence-corrected chi connectivity index (χ3v) is 4.40. The fourth-order valence-corrected chi connectivity index (χ4v) is 3.12. The van der Waals surface area contributed by atoms with Gasteiger partial charge in [0, 0.05) is 21.3 Å². The lowest BCUT2D eigenvalue weighted by Gasteiger charge is -2.16. The molecule has 0 aliphatic heterocycles. The second-order valence-corrected chi connectivity index (χ2v) is 6.34. The number of rotatable bonds is 4. The summed E-state index contributed by atoms with van der Waals surface area (Å²) in [6.45, 7) is 2.04. The summed E-state index contributed by atoms with van der Waals surface area (Å²) in [6.07, 6.45) is 0.860. The highest BCUT2D eigenvalue weighted by atomic mass is 79.9. The van der Waals surface area contributed by atoms with Gasteiger partial charge in [0.05, 0.1) is 0 Å². The molecule has 2 rings (SSSR count). The van der Waals surface area contributed by atoms with Crippen LogP contribution in [-0.2, 0) is 6.42 Å². The predicted molar refractivity (Wildman–Crippen MR) is 87.5 cm³/mol. The topological polar surface area (TPSA) is 0 Å². The summed E-state index contributed by atoms with van der Waals surface area (Å²) in [5.41, 5.74) is 3.57. The van der Waals surface area contributed by atoms with Gasteiger partial charge in [0.25, 0.3) is 0 Å². The fourth-order valence-electron chi connectivity index (χ4n) is 2.11. The number of benzene rings is 2. The molecule has 0 radical (unpaired) electrons. The highest BCUT2D eigenvalue weighted by molar-refractivity contribution is 9.10. The summed E-state index contributed by atoms with van der Waals surface area (Å²) in [5, 5.41) is 0.824. The molecule has 1 unspecified atom stereocenters. The van der Waals surface area contributed by atoms with Crippen molar-refractivity contribution in [1.82, 2.24) is 0 Å². The van der Waals surface area contributed by atoms with Crippen molar-refractivity contribution >= 4 is 39.1 Å². The molecule has 0 aliphatic carbocycles. The molecule has 0 amide bonds. The average Bonchev–Trinajstić information content (AvgIpc) is 2.38. The molecule has 0 bridgehead atoms. The molecule has 0 aromatic heterocycles. The second kappa shape index (κ2) is 6.78. The summed E-state index contributed by atoms with van der Waals surface area (Å²) in [5.74, 6) is 0.861. The zero-order valence-corrected chi connectivity index (χ0v) is 13.8. The van der Waals surface area contributed by atoms with Crippen molar-refractivity contribution in [2.75, 3.05) is 5.88 Å². The summed E-state index contributed by atoms with van der Waals surface area (Å²) in [4.78, 5) is 0. The smallest absolute Gasteiger partial charge is 0.0440 e. The highest BCUT2D eigenvalue weighted by Gasteiger charge is 2.13. The SMILES string of the molecule is Cc1ccc(CC(CCl)c2cccc(Br)c2)c(Cl)c1. The van der Waals surface area contributed by atoms with Gasteiger partial charge in [0.2, 0.25) is 0 Å². The maximum Gasteiger partial charge on any atom is 0.0440 e. The first kappa shape index (κ1) is 14.9. The Morgan fingerprint density at radius 3 is 2.58 bits per heavy atom. The first-order valence-corrected chi connectivity index (χ1v) is 7.87. The number of aryl methyl sites for hydroxylation is 1. The zero-order chi connectivity index (χ0) is 13.8. The van der Waals surface area contributed by atoms with Gasteiger partial charge in [-0.3, -0.25) is 0 Å². The van der Waals surface area contributed by atoms with Crippen molar-refractivity contribution in [2.24, 2.45) is 0 Å². The minimum Gasteiger partial charge on any atom is -0.126 e. The van der Waals surface area contributed by atoms with E-state index in [-0.39, 0.29) is 5.92 Å². The predicted octanol–water partition coefficient (Wildman–Crippen LogP) is 5.98. The second-order valence-electron chi connectivity index (χ2n) is 4.71. The maximum atomic E-state index is 6.30. The molecule has 0 aliphatic rings. The minimum absolute atomic E-state index is 0.277. The molecule has 0 N–H and O–H groups in total. The van der Waals surface area contributed by atoms with Crippen molar-refractivity contribution in [3.05, 3.63) is 68.7 Å². The molecular formula is C16H15BrCl2. The van der Waals surface area contributed by atoms with E-state index < -0.39 is 0 Å². The van der Waals surface area contributed by atoms with Crippen LogP contribution in [0.2, 0.25) is 5.02 Å². The Hall–Kier alpha value is -0.500. The number of hydrogen-bond donors (Lipinski definition) is 0. The molecule has 100 valence electrons. The van der Waals surface area contributed by atoms with Crippen molar-refractivity contribution in [1.29, 1.82) is 0 Å². The Morgan fingerprint density at radius 1 is 1.16 bits per heavy atom. The molecule has 0 fully saturated rings. The van der Waals surface area contributed by atoms with Crippen molar-refractivity contribution in [2.45, 2.75) is 19.3 Å². The summed E-state index contributed by atoms with van der Waals surface area (Å²) >= 11 is 15.9. The molecule has 0 heterocycles. The zero-order valence-electron chi connectivity index (χ0n) is 10.7. The van der Waals surface area contributed by atoms with Crippen LogP contribution in [0.15, 0.2) is 46.9 Å². The van der Waals surface area contributed by atoms with Gasteiger partial charge >= 0.3 is 0 Å². The van der Waals surface area contributed by atoms with E-state index in [1.54, 1.807) is 0 Å². The standard InChI is InChI=1S/C16H15BrCl2/c1-11-5-6-13(16(19)7-11)8-14(10-18)12-3-2-4-15(17)9-12/h2-7,9,14H,8,10H2,1H3. The van der Waals surface area contributed by atoms with Crippen LogP contribution in [0.1, 0.15) is 22.6 Å². The fraction of sp³-hybridized carbons (Fsp3) is 0.250. The lowest BCUT2D eigenvalue weighted by molar-refractivity contribution is 0.765. The molecule has 0 spiro atoms. The Kier molecular flexibility index (Phi) is 5.32. The summed E-state index contributed by atoms with van der Waals surface area (Å²) in [7, 11) is 0. The van der Waals surface area contributed by atoms with Crippen LogP contribution >= 0.6 is 39.1 Å². The molecule has 0 saturated heterocycles. The molecule has 2 aromatic rings. The number of alkyl halides is 1. The average molecular weight is 358 g/mol. The van der Waals surface area contributed by atoms with Crippen LogP contribution in [0.5, 0.6) is 0 Å². The van der Waals surface area contributed by atoms with Gasteiger partial charge < -0.3 is 0 Å². The third-order valence-electron chi connectivity index (χ3n) is 3.18. The summed E-state index contributed by atoms with van der Waals surface area (Å²) in [6, 6.07) is 14.5. The van der Waals surface area contributed by atoms with E-state index in [4.69, 9.17) is 23.2 Å². The van der Waals surface area contributed by atoms with Crippen LogP contribution in [0.25, 0.3) is 0 Å². The highest BCUT2D eigenvalue weighted by Crippen LogP contribution is 2.28. The lowest BCUT2D eigenvalue weighted by atomic mass is 9.93. The molecule has 3 heteroatoms. The normalized spacial score (nSPS) is 12.4. The van der Waals surface area contributed by atoms with E-state index in [0.717, 1.165) is 21.5 Å². The van der Waals surface area contributed by atoms with Gasteiger partial charge in [-0.25, -0.2) is 0 Å². The van der Waals surface area contributed by atoms with Gasteiger partial charge in [0.1, 0.15) is 0 Å². The van der Waals surface area contributed by atoms with Gasteiger partial charge in [-0.05, 0) is 48.2 Å². The molecular weight excluding hydrogens is 343 g/mol. The van der Waals surface area contributed by atoms with Crippen LogP contribution in [0.3, 0.4) is 0 Å². The molecule has 0 nitrogen and oxygen atoms in total. The quantitative estimate of drug-likeness (QED) is 0.590. The van der Waals surface area contributed by atoms with Crippen LogP contribution in [0, 0.1) is 6.92 Å². The van der Waals surface area contributed by atoms with Gasteiger partial charge in [-0.1, -0.05) is 51.8 Å². The Labute approximate surface area is 132 Å². The molecule has 19 heavy (non-hydrogen) atoms. The van der Waals surface area contributed by atoms with E-state index in [1.165, 1.54) is 11.1 Å². The van der Waals surface area contributed by atoms with Gasteiger partial charge in [0.15, 0.2) is 0 Å². The first-order chi connectivity index (χ1) is 9.10. The van der Waals surface area contributed by atoms with E-state index in [9.17, 15) is 0 Å². The third kappa shape index (κ3) is 3.98. The van der Waals surface area contributed by atoms with Crippen molar-refractivity contribution < 1.29 is 0 Å². The van der Waals surface area contributed by atoms with Crippen molar-refractivity contribution in [3.8, 4) is 0 Å². The van der Waals surface area contributed by atoms with Crippen LogP contribution < -0.4 is 0 Å². The Morgan fingerprint density at radius 2 is 1.95 bits per heavy atom. The minimum atomic E-state index is 0.277. The molecule has 0 saturated carbocycles. The monoisotopic (exact) mass is 356 g/mol. The van der Waals surface area contributed by atoms with Crippen LogP contribution in [-0.4, -0.2) is 5.88 Å². The van der Waals surface area contributed by atoms with Gasteiger partial charge in [-0.2, -0.15) is 0 Å². The summed E-state index contributed by atoms with van der Waals surface area (Å²) < 4.78 is 1.08. The molecule has 1 atom stereocenters. The number of hydrogen-bond acceptors (Lipinski definition) is 0. The Balaban J connectivity index is 2.24. The van der Waals surface area contributed by atoms with E-state index in [0.29, 0.717) is 5.88 Å². The van der Waals surface area contributed by atoms with E-state index >= 15 is 0 Å². The first-order valence-electron chi connectivity index (χ1n) is 6.16. The lowest BCUT2D eigenvalue weighted by Crippen LogP contribution is -2.05. The Bertz CT molecular complexity index is 566. The molecule has 2 aromatic carbocycles. The van der Waals surface area contributed by atoms with E-state index in [1.807, 2.05) is 25.1 Å². The van der Waals surface area contributed by atoms with Crippen molar-refractivity contribution in [3.63, 3.8) is 0 Å². The van der Waals surface area contributed by atoms with Crippen LogP contribution in [0.4, 0.5) is 0 Å². The maximum absolute atomic E-state index is 6.30. The van der Waals surface area contributed by atoms with Gasteiger partial charge in [-0.15, -0.1) is 11.6 Å². The number of halogens is 3.